The van der Waals surface area contributed by atoms with Gasteiger partial charge in [-0.25, -0.2) is 9.78 Å². The highest BCUT2D eigenvalue weighted by Crippen LogP contribution is 2.01. The van der Waals surface area contributed by atoms with Crippen molar-refractivity contribution in [3.63, 3.8) is 0 Å². The quantitative estimate of drug-likeness (QED) is 0.546. The van der Waals surface area contributed by atoms with Crippen molar-refractivity contribution in [1.29, 1.82) is 0 Å². The van der Waals surface area contributed by atoms with E-state index >= 15 is 0 Å². The molecule has 2 aromatic rings. The lowest BCUT2D eigenvalue weighted by atomic mass is 10.5. The molecule has 0 N–H and O–H groups in total. The molecule has 0 amide bonds. The Hall–Kier alpha value is -1.85. The van der Waals surface area contributed by atoms with Crippen LogP contribution in [0.4, 0.5) is 0 Å². The molecule has 74 valence electrons. The summed E-state index contributed by atoms with van der Waals surface area (Å²) in [6, 6.07) is 0. The fraction of sp³-hybridized carbons (Fsp3) is 0.375. The molecule has 0 fully saturated rings. The second kappa shape index (κ2) is 2.57. The highest BCUT2D eigenvalue weighted by Gasteiger charge is 2.11. The van der Waals surface area contributed by atoms with Gasteiger partial charge in [0.1, 0.15) is 1.37 Å². The first-order chi connectivity index (χ1) is 9.07. The van der Waals surface area contributed by atoms with E-state index in [0.717, 1.165) is 4.57 Å². The maximum absolute atomic E-state index is 12.2. The summed E-state index contributed by atoms with van der Waals surface area (Å²) in [5.74, 6) is 0. The number of hydrogen-bond acceptors (Lipinski definition) is 3. The number of hydrogen-bond donors (Lipinski definition) is 0. The lowest BCUT2D eigenvalue weighted by molar-refractivity contribution is 0.705. The Kier molecular flexibility index (Phi) is 0.756. The summed E-state index contributed by atoms with van der Waals surface area (Å²) in [4.78, 5) is 27.7. The van der Waals surface area contributed by atoms with Gasteiger partial charge in [-0.3, -0.25) is 13.9 Å². The first kappa shape index (κ1) is 4.12. The van der Waals surface area contributed by atoms with Gasteiger partial charge in [-0.2, -0.15) is 0 Å². The Labute approximate surface area is 87.5 Å². The third-order valence-corrected chi connectivity index (χ3v) is 1.92. The van der Waals surface area contributed by atoms with Crippen LogP contribution in [0.25, 0.3) is 11.2 Å². The van der Waals surface area contributed by atoms with Crippen molar-refractivity contribution >= 4 is 11.2 Å². The van der Waals surface area contributed by atoms with E-state index in [0.29, 0.717) is 4.57 Å². The summed E-state index contributed by atoms with van der Waals surface area (Å²) in [5, 5.41) is 0. The third-order valence-electron chi connectivity index (χ3n) is 1.92. The van der Waals surface area contributed by atoms with E-state index in [-0.39, 0.29) is 10.2 Å². The molecule has 6 nitrogen and oxygen atoms in total. The number of nitrogens with zero attached hydrogens (tertiary/aromatic N) is 4. The van der Waals surface area contributed by atoms with Crippen molar-refractivity contribution in [3.8, 4) is 0 Å². The fourth-order valence-electron chi connectivity index (χ4n) is 1.18. The van der Waals surface area contributed by atoms with Crippen LogP contribution in [0.3, 0.4) is 0 Å². The first-order valence-corrected chi connectivity index (χ1v) is 3.63. The Bertz CT molecular complexity index is 798. The zero-order valence-corrected chi connectivity index (χ0v) is 7.18. The van der Waals surface area contributed by atoms with E-state index in [1.807, 2.05) is 0 Å². The first-order valence-electron chi connectivity index (χ1n) is 6.78. The van der Waals surface area contributed by atoms with Crippen molar-refractivity contribution < 1.29 is 8.22 Å². The van der Waals surface area contributed by atoms with Gasteiger partial charge in [0.15, 0.2) is 11.2 Å². The van der Waals surface area contributed by atoms with Crippen molar-refractivity contribution in [2.45, 2.75) is 0 Å². The number of fused-ring (bicyclic) bond motifs is 1. The van der Waals surface area contributed by atoms with Crippen LogP contribution in [0.5, 0.6) is 0 Å². The molecule has 0 atom stereocenters. The number of aryl methyl sites for hydroxylation is 2. The minimum atomic E-state index is -3.00. The fourth-order valence-corrected chi connectivity index (χ4v) is 1.18. The monoisotopic (exact) mass is 200 g/mol. The van der Waals surface area contributed by atoms with Gasteiger partial charge >= 0.3 is 5.69 Å². The number of rotatable bonds is 0. The zero-order valence-electron chi connectivity index (χ0n) is 13.2. The van der Waals surface area contributed by atoms with Crippen LogP contribution in [0.15, 0.2) is 15.9 Å². The van der Waals surface area contributed by atoms with E-state index in [1.165, 1.54) is 7.05 Å². The Morgan fingerprint density at radius 1 is 1.50 bits per heavy atom. The molecule has 2 heterocycles. The van der Waals surface area contributed by atoms with Crippen LogP contribution in [0, 0.1) is 0 Å². The lowest BCUT2D eigenvalue weighted by Crippen LogP contribution is -2.37. The average molecular weight is 200 g/mol. The standard InChI is InChI=1S/C8H10N4O2/c1-10-4-9-6-5(10)7(13)12(3)8(14)11(6)2/h4H,1-3H3/i1D2,3D3,4D. The summed E-state index contributed by atoms with van der Waals surface area (Å²) in [6.45, 7) is -4.76. The average Bonchev–Trinajstić information content (AvgIpc) is 2.62. The molecule has 6 heteroatoms. The predicted octanol–water partition coefficient (Wildman–Crippen LogP) is -1.03. The summed E-state index contributed by atoms with van der Waals surface area (Å²) in [5.41, 5.74) is -2.95. The van der Waals surface area contributed by atoms with E-state index in [4.69, 9.17) is 8.22 Å². The Balaban J connectivity index is 3.13. The Morgan fingerprint density at radius 2 is 2.29 bits per heavy atom. The molecule has 2 rings (SSSR count). The smallest absolute Gasteiger partial charge is 0.328 e. The van der Waals surface area contributed by atoms with Gasteiger partial charge in [0, 0.05) is 27.9 Å². The van der Waals surface area contributed by atoms with Crippen molar-refractivity contribution in [2.75, 3.05) is 0 Å². The van der Waals surface area contributed by atoms with Crippen molar-refractivity contribution in [3.05, 3.63) is 27.1 Å². The van der Waals surface area contributed by atoms with Crippen LogP contribution in [0.1, 0.15) is 8.22 Å². The number of aromatic nitrogens is 4. The number of imidazole rings is 1. The van der Waals surface area contributed by atoms with Gasteiger partial charge in [-0.15, -0.1) is 0 Å². The minimum absolute atomic E-state index is 0.0509. The van der Waals surface area contributed by atoms with Gasteiger partial charge < -0.3 is 4.57 Å². The maximum Gasteiger partial charge on any atom is 0.332 e. The summed E-state index contributed by atoms with van der Waals surface area (Å²) in [6.07, 6.45) is -0.564. The van der Waals surface area contributed by atoms with Gasteiger partial charge in [0.25, 0.3) is 5.56 Å². The second-order valence-electron chi connectivity index (χ2n) is 2.74. The molecule has 0 aliphatic heterocycles. The summed E-state index contributed by atoms with van der Waals surface area (Å²) >= 11 is 0. The summed E-state index contributed by atoms with van der Waals surface area (Å²) < 4.78 is 45.3. The molecular weight excluding hydrogens is 184 g/mol. The zero-order chi connectivity index (χ0) is 15.4. The molecular formula is C8H10N4O2. The summed E-state index contributed by atoms with van der Waals surface area (Å²) in [7, 11) is 1.20. The molecule has 0 bridgehead atoms. The molecule has 0 saturated heterocycles. The Morgan fingerprint density at radius 3 is 2.93 bits per heavy atom. The van der Waals surface area contributed by atoms with Crippen LogP contribution in [-0.4, -0.2) is 18.7 Å². The minimum Gasteiger partial charge on any atom is -0.328 e. The van der Waals surface area contributed by atoms with E-state index in [2.05, 4.69) is 4.98 Å². The predicted molar refractivity (Wildman–Crippen MR) is 51.2 cm³/mol. The van der Waals surface area contributed by atoms with E-state index in [1.54, 1.807) is 0 Å². The van der Waals surface area contributed by atoms with Crippen LogP contribution < -0.4 is 11.2 Å². The highest BCUT2D eigenvalue weighted by molar-refractivity contribution is 5.69. The second-order valence-corrected chi connectivity index (χ2v) is 2.74. The normalized spacial score (nSPS) is 18.4. The molecule has 2 aromatic heterocycles. The van der Waals surface area contributed by atoms with Crippen molar-refractivity contribution in [2.24, 2.45) is 21.0 Å². The van der Waals surface area contributed by atoms with E-state index in [9.17, 15) is 9.59 Å². The van der Waals surface area contributed by atoms with Gasteiger partial charge in [-0.1, -0.05) is 0 Å². The maximum atomic E-state index is 12.2. The van der Waals surface area contributed by atoms with Gasteiger partial charge in [-0.05, 0) is 0 Å². The van der Waals surface area contributed by atoms with Gasteiger partial charge in [0.05, 0.1) is 6.30 Å². The topological polar surface area (TPSA) is 61.8 Å². The van der Waals surface area contributed by atoms with Crippen molar-refractivity contribution in [1.82, 2.24) is 18.7 Å². The molecule has 0 radical (unpaired) electrons. The SMILES string of the molecule is [2H]c1nc2c(c(=O)n(C([2H])([2H])[2H])c(=O)n2C)n1C([2H])[2H]. The molecule has 0 aliphatic rings. The molecule has 14 heavy (non-hydrogen) atoms. The lowest BCUT2D eigenvalue weighted by Gasteiger charge is -2.02. The molecule has 0 unspecified atom stereocenters. The highest BCUT2D eigenvalue weighted by atomic mass is 16.2. The van der Waals surface area contributed by atoms with Crippen LogP contribution in [-0.2, 0) is 21.0 Å². The van der Waals surface area contributed by atoms with Gasteiger partial charge in [0.2, 0.25) is 0 Å². The molecule has 0 spiro atoms. The van der Waals surface area contributed by atoms with E-state index < -0.39 is 37.0 Å². The van der Waals surface area contributed by atoms with Crippen LogP contribution >= 0.6 is 0 Å². The molecule has 0 aliphatic carbocycles. The third kappa shape index (κ3) is 0.876. The largest absolute Gasteiger partial charge is 0.332 e. The van der Waals surface area contributed by atoms with Crippen LogP contribution in [0.2, 0.25) is 0 Å². The molecule has 0 aromatic carbocycles. The molecule has 0 saturated carbocycles.